The van der Waals surface area contributed by atoms with Crippen LogP contribution < -0.4 is 4.74 Å². The summed E-state index contributed by atoms with van der Waals surface area (Å²) >= 11 is 0. The number of nitrogens with zero attached hydrogens (tertiary/aromatic N) is 2. The largest absolute Gasteiger partial charge is 0.497 e. The zero-order chi connectivity index (χ0) is 15.8. The van der Waals surface area contributed by atoms with Gasteiger partial charge in [0.05, 0.1) is 23.8 Å². The second-order valence-electron chi connectivity index (χ2n) is 5.59. The summed E-state index contributed by atoms with van der Waals surface area (Å²) in [6.45, 7) is 2.01. The van der Waals surface area contributed by atoms with Gasteiger partial charge in [-0.15, -0.1) is 0 Å². The minimum atomic E-state index is 0.845. The van der Waals surface area contributed by atoms with Crippen molar-refractivity contribution < 1.29 is 4.74 Å². The third kappa shape index (κ3) is 2.40. The summed E-state index contributed by atoms with van der Waals surface area (Å²) in [7, 11) is 1.67. The zero-order valence-electron chi connectivity index (χ0n) is 13.1. The van der Waals surface area contributed by atoms with Crippen molar-refractivity contribution in [1.29, 1.82) is 0 Å². The van der Waals surface area contributed by atoms with Crippen LogP contribution in [0.2, 0.25) is 0 Å². The maximum absolute atomic E-state index is 5.22. The van der Waals surface area contributed by atoms with Gasteiger partial charge in [0.25, 0.3) is 0 Å². The van der Waals surface area contributed by atoms with Crippen LogP contribution in [0.4, 0.5) is 0 Å². The average Bonchev–Trinajstić information content (AvgIpc) is 2.61. The Morgan fingerprint density at radius 3 is 2.00 bits per heavy atom. The van der Waals surface area contributed by atoms with Crippen LogP contribution in [0, 0.1) is 6.92 Å². The van der Waals surface area contributed by atoms with Crippen LogP contribution in [0.3, 0.4) is 0 Å². The van der Waals surface area contributed by atoms with Gasteiger partial charge in [-0.1, -0.05) is 24.3 Å². The highest BCUT2D eigenvalue weighted by atomic mass is 16.5. The summed E-state index contributed by atoms with van der Waals surface area (Å²) in [5.41, 5.74) is 4.91. The Kier molecular flexibility index (Phi) is 3.19. The van der Waals surface area contributed by atoms with Crippen molar-refractivity contribution >= 4 is 21.8 Å². The first-order chi connectivity index (χ1) is 11.2. The van der Waals surface area contributed by atoms with Gasteiger partial charge in [0, 0.05) is 22.0 Å². The van der Waals surface area contributed by atoms with Crippen molar-refractivity contribution in [2.75, 3.05) is 7.11 Å². The molecule has 0 bridgehead atoms. The molecular weight excluding hydrogens is 284 g/mol. The van der Waals surface area contributed by atoms with E-state index in [0.717, 1.165) is 44.5 Å². The van der Waals surface area contributed by atoms with Gasteiger partial charge < -0.3 is 4.74 Å². The standard InChI is InChI=1S/C20H16N2O/c1-13-3-4-15-5-6-16-9-12-18(22-20(16)19(15)21-13)14-7-10-17(23-2)11-8-14/h3-12H,1-2H3. The quantitative estimate of drug-likeness (QED) is 0.500. The molecule has 2 heterocycles. The molecule has 4 aromatic rings. The molecule has 2 aromatic carbocycles. The van der Waals surface area contributed by atoms with E-state index in [0.29, 0.717) is 0 Å². The van der Waals surface area contributed by atoms with Gasteiger partial charge in [0.1, 0.15) is 5.75 Å². The molecule has 0 spiro atoms. The summed E-state index contributed by atoms with van der Waals surface area (Å²) < 4.78 is 5.22. The SMILES string of the molecule is COc1ccc(-c2ccc3ccc4ccc(C)nc4c3n2)cc1. The van der Waals surface area contributed by atoms with E-state index in [1.807, 2.05) is 43.3 Å². The lowest BCUT2D eigenvalue weighted by Gasteiger charge is -2.07. The Morgan fingerprint density at radius 1 is 0.696 bits per heavy atom. The third-order valence-corrected chi connectivity index (χ3v) is 4.04. The van der Waals surface area contributed by atoms with Crippen LogP contribution in [0.25, 0.3) is 33.1 Å². The van der Waals surface area contributed by atoms with E-state index in [9.17, 15) is 0 Å². The van der Waals surface area contributed by atoms with Crippen molar-refractivity contribution in [3.8, 4) is 17.0 Å². The van der Waals surface area contributed by atoms with E-state index in [4.69, 9.17) is 9.72 Å². The molecule has 0 N–H and O–H groups in total. The summed E-state index contributed by atoms with van der Waals surface area (Å²) in [5, 5.41) is 2.22. The first kappa shape index (κ1) is 13.7. The summed E-state index contributed by atoms with van der Waals surface area (Å²) in [4.78, 5) is 9.55. The molecule has 2 aromatic heterocycles. The predicted octanol–water partition coefficient (Wildman–Crippen LogP) is 4.77. The van der Waals surface area contributed by atoms with Crippen LogP contribution in [-0.2, 0) is 0 Å². The average molecular weight is 300 g/mol. The molecule has 0 saturated carbocycles. The van der Waals surface area contributed by atoms with E-state index in [2.05, 4.69) is 29.2 Å². The maximum atomic E-state index is 5.22. The number of rotatable bonds is 2. The van der Waals surface area contributed by atoms with Crippen molar-refractivity contribution in [2.24, 2.45) is 0 Å². The molecule has 4 rings (SSSR count). The number of pyridine rings is 2. The van der Waals surface area contributed by atoms with Gasteiger partial charge in [0.15, 0.2) is 0 Å². The molecule has 3 nitrogen and oxygen atoms in total. The van der Waals surface area contributed by atoms with Gasteiger partial charge in [-0.3, -0.25) is 4.98 Å². The Labute approximate surface area is 134 Å². The molecule has 23 heavy (non-hydrogen) atoms. The molecule has 0 aliphatic carbocycles. The molecule has 0 saturated heterocycles. The normalized spacial score (nSPS) is 11.0. The van der Waals surface area contributed by atoms with Gasteiger partial charge in [-0.25, -0.2) is 4.98 Å². The first-order valence-corrected chi connectivity index (χ1v) is 7.56. The maximum Gasteiger partial charge on any atom is 0.118 e. The second-order valence-corrected chi connectivity index (χ2v) is 5.59. The van der Waals surface area contributed by atoms with E-state index in [1.54, 1.807) is 7.11 Å². The van der Waals surface area contributed by atoms with Crippen LogP contribution >= 0.6 is 0 Å². The fourth-order valence-corrected chi connectivity index (χ4v) is 2.79. The minimum Gasteiger partial charge on any atom is -0.497 e. The number of hydrogen-bond donors (Lipinski definition) is 0. The Balaban J connectivity index is 1.94. The van der Waals surface area contributed by atoms with E-state index >= 15 is 0 Å². The Morgan fingerprint density at radius 2 is 1.30 bits per heavy atom. The van der Waals surface area contributed by atoms with Crippen LogP contribution in [0.1, 0.15) is 5.69 Å². The van der Waals surface area contributed by atoms with E-state index in [1.165, 1.54) is 0 Å². The number of aromatic nitrogens is 2. The van der Waals surface area contributed by atoms with Gasteiger partial charge >= 0.3 is 0 Å². The number of hydrogen-bond acceptors (Lipinski definition) is 3. The number of fused-ring (bicyclic) bond motifs is 3. The molecule has 112 valence electrons. The predicted molar refractivity (Wildman–Crippen MR) is 93.8 cm³/mol. The number of benzene rings is 2. The van der Waals surface area contributed by atoms with Crippen molar-refractivity contribution in [3.63, 3.8) is 0 Å². The molecule has 0 radical (unpaired) electrons. The fraction of sp³-hybridized carbons (Fsp3) is 0.100. The van der Waals surface area contributed by atoms with Gasteiger partial charge in [-0.05, 0) is 43.3 Å². The number of aryl methyl sites for hydroxylation is 1. The van der Waals surface area contributed by atoms with Crippen molar-refractivity contribution in [2.45, 2.75) is 6.92 Å². The lowest BCUT2D eigenvalue weighted by Crippen LogP contribution is -1.90. The van der Waals surface area contributed by atoms with E-state index < -0.39 is 0 Å². The van der Waals surface area contributed by atoms with Crippen molar-refractivity contribution in [3.05, 3.63) is 66.4 Å². The minimum absolute atomic E-state index is 0.845. The Hall–Kier alpha value is -2.94. The lowest BCUT2D eigenvalue weighted by atomic mass is 10.1. The highest BCUT2D eigenvalue weighted by Gasteiger charge is 2.07. The summed E-state index contributed by atoms with van der Waals surface area (Å²) in [6.07, 6.45) is 0. The third-order valence-electron chi connectivity index (χ3n) is 4.04. The van der Waals surface area contributed by atoms with E-state index in [-0.39, 0.29) is 0 Å². The Bertz CT molecular complexity index is 1010. The molecule has 0 unspecified atom stereocenters. The number of methoxy groups -OCH3 is 1. The highest BCUT2D eigenvalue weighted by Crippen LogP contribution is 2.27. The molecule has 0 atom stereocenters. The second kappa shape index (κ2) is 5.36. The molecule has 3 heteroatoms. The molecule has 0 amide bonds. The monoisotopic (exact) mass is 300 g/mol. The van der Waals surface area contributed by atoms with Crippen LogP contribution in [0.5, 0.6) is 5.75 Å². The van der Waals surface area contributed by atoms with Gasteiger partial charge in [-0.2, -0.15) is 0 Å². The smallest absolute Gasteiger partial charge is 0.118 e. The topological polar surface area (TPSA) is 35.0 Å². The number of ether oxygens (including phenoxy) is 1. The molecule has 0 aliphatic rings. The van der Waals surface area contributed by atoms with Crippen molar-refractivity contribution in [1.82, 2.24) is 9.97 Å². The lowest BCUT2D eigenvalue weighted by molar-refractivity contribution is 0.415. The summed E-state index contributed by atoms with van der Waals surface area (Å²) in [6, 6.07) is 20.4. The molecule has 0 fully saturated rings. The first-order valence-electron chi connectivity index (χ1n) is 7.56. The molecule has 0 aliphatic heterocycles. The van der Waals surface area contributed by atoms with Crippen LogP contribution in [-0.4, -0.2) is 17.1 Å². The zero-order valence-corrected chi connectivity index (χ0v) is 13.1. The highest BCUT2D eigenvalue weighted by molar-refractivity contribution is 6.03. The summed E-state index contributed by atoms with van der Waals surface area (Å²) in [5.74, 6) is 0.845. The fourth-order valence-electron chi connectivity index (χ4n) is 2.79. The van der Waals surface area contributed by atoms with Gasteiger partial charge in [0.2, 0.25) is 0 Å². The van der Waals surface area contributed by atoms with Crippen LogP contribution in [0.15, 0.2) is 60.7 Å². The molecular formula is C20H16N2O.